The summed E-state index contributed by atoms with van der Waals surface area (Å²) in [6.45, 7) is 4.86. The van der Waals surface area contributed by atoms with Crippen LogP contribution in [0.4, 0.5) is 0 Å². The number of carbonyl (C=O) groups excluding carboxylic acids is 1. The summed E-state index contributed by atoms with van der Waals surface area (Å²) in [5.74, 6) is -0.0460. The van der Waals surface area contributed by atoms with Gasteiger partial charge in [-0.25, -0.2) is 0 Å². The predicted molar refractivity (Wildman–Crippen MR) is 99.7 cm³/mol. The van der Waals surface area contributed by atoms with E-state index in [-0.39, 0.29) is 18.6 Å². The minimum Gasteiger partial charge on any atom is -0.395 e. The van der Waals surface area contributed by atoms with Gasteiger partial charge in [-0.05, 0) is 50.9 Å². The van der Waals surface area contributed by atoms with Gasteiger partial charge >= 0.3 is 0 Å². The first-order chi connectivity index (χ1) is 12.2. The molecule has 1 saturated heterocycles. The topological polar surface area (TPSA) is 65.5 Å². The molecule has 1 fully saturated rings. The summed E-state index contributed by atoms with van der Waals surface area (Å²) < 4.78 is 0. The van der Waals surface area contributed by atoms with Crippen molar-refractivity contribution in [2.24, 2.45) is 0 Å². The van der Waals surface area contributed by atoms with E-state index < -0.39 is 0 Å². The van der Waals surface area contributed by atoms with Gasteiger partial charge in [0, 0.05) is 30.7 Å². The van der Waals surface area contributed by atoms with Crippen molar-refractivity contribution in [2.45, 2.75) is 38.6 Å². The minimum absolute atomic E-state index is 0.0460. The molecule has 5 heteroatoms. The Morgan fingerprint density at radius 1 is 1.36 bits per heavy atom. The van der Waals surface area contributed by atoms with Crippen LogP contribution in [0.15, 0.2) is 30.5 Å². The second kappa shape index (κ2) is 8.41. The van der Waals surface area contributed by atoms with E-state index in [0.29, 0.717) is 12.1 Å². The van der Waals surface area contributed by atoms with Gasteiger partial charge in [0.15, 0.2) is 0 Å². The van der Waals surface area contributed by atoms with Crippen molar-refractivity contribution in [3.63, 3.8) is 0 Å². The summed E-state index contributed by atoms with van der Waals surface area (Å²) >= 11 is 0. The van der Waals surface area contributed by atoms with E-state index in [9.17, 15) is 9.90 Å². The summed E-state index contributed by atoms with van der Waals surface area (Å²) in [6, 6.07) is 8.04. The first-order valence-electron chi connectivity index (χ1n) is 9.17. The maximum Gasteiger partial charge on any atom is 0.252 e. The molecule has 2 heterocycles. The first kappa shape index (κ1) is 17.8. The molecular formula is C20H27N3O2. The lowest BCUT2D eigenvalue weighted by molar-refractivity contribution is 0.0868. The Labute approximate surface area is 149 Å². The van der Waals surface area contributed by atoms with Crippen LogP contribution in [0.25, 0.3) is 10.9 Å². The molecule has 0 saturated carbocycles. The standard InChI is InChI=1S/C20H27N3O2/c1-15-6-7-19-18(13-15)17(8-10-21-19)20(25)22-9-4-12-23-11-3-2-5-16(23)14-24/h6-8,10,13,16,24H,2-5,9,11-12,14H2,1H3,(H,22,25)/t16-/m0/s1. The number of amides is 1. The van der Waals surface area contributed by atoms with Crippen LogP contribution < -0.4 is 5.32 Å². The summed E-state index contributed by atoms with van der Waals surface area (Å²) in [4.78, 5) is 19.2. The molecule has 1 aliphatic rings. The fourth-order valence-electron chi connectivity index (χ4n) is 3.60. The summed E-state index contributed by atoms with van der Waals surface area (Å²) in [5, 5.41) is 13.4. The fourth-order valence-corrected chi connectivity index (χ4v) is 3.60. The molecule has 0 radical (unpaired) electrons. The van der Waals surface area contributed by atoms with Crippen molar-refractivity contribution >= 4 is 16.8 Å². The molecule has 1 aromatic carbocycles. The monoisotopic (exact) mass is 341 g/mol. The summed E-state index contributed by atoms with van der Waals surface area (Å²) in [6.07, 6.45) is 6.06. The molecule has 0 bridgehead atoms. The van der Waals surface area contributed by atoms with E-state index in [0.717, 1.165) is 42.4 Å². The molecule has 134 valence electrons. The van der Waals surface area contributed by atoms with Crippen LogP contribution in [0.5, 0.6) is 0 Å². The second-order valence-electron chi connectivity index (χ2n) is 6.86. The minimum atomic E-state index is -0.0460. The first-order valence-corrected chi connectivity index (χ1v) is 9.17. The van der Waals surface area contributed by atoms with Crippen molar-refractivity contribution in [1.29, 1.82) is 0 Å². The fraction of sp³-hybridized carbons (Fsp3) is 0.500. The van der Waals surface area contributed by atoms with E-state index in [1.165, 1.54) is 12.8 Å². The number of likely N-dealkylation sites (tertiary alicyclic amines) is 1. The lowest BCUT2D eigenvalue weighted by Gasteiger charge is -2.34. The number of rotatable bonds is 6. The number of pyridine rings is 1. The molecule has 2 aromatic rings. The van der Waals surface area contributed by atoms with E-state index in [1.807, 2.05) is 25.1 Å². The number of hydrogen-bond donors (Lipinski definition) is 2. The third kappa shape index (κ3) is 4.35. The SMILES string of the molecule is Cc1ccc2nccc(C(=O)NCCCN3CCCC[C@H]3CO)c2c1. The lowest BCUT2D eigenvalue weighted by atomic mass is 10.0. The average Bonchev–Trinajstić information content (AvgIpc) is 2.64. The molecule has 1 aromatic heterocycles. The number of carbonyl (C=O) groups is 1. The Bertz CT molecular complexity index is 732. The van der Waals surface area contributed by atoms with Gasteiger partial charge in [0.1, 0.15) is 0 Å². The van der Waals surface area contributed by atoms with Crippen LogP contribution in [-0.2, 0) is 0 Å². The maximum absolute atomic E-state index is 12.5. The highest BCUT2D eigenvalue weighted by Gasteiger charge is 2.20. The molecule has 1 aliphatic heterocycles. The molecular weight excluding hydrogens is 314 g/mol. The smallest absolute Gasteiger partial charge is 0.252 e. The van der Waals surface area contributed by atoms with Crippen LogP contribution in [0.1, 0.15) is 41.6 Å². The van der Waals surface area contributed by atoms with E-state index >= 15 is 0 Å². The van der Waals surface area contributed by atoms with Crippen molar-refractivity contribution in [1.82, 2.24) is 15.2 Å². The van der Waals surface area contributed by atoms with Gasteiger partial charge in [-0.15, -0.1) is 0 Å². The van der Waals surface area contributed by atoms with E-state index in [2.05, 4.69) is 15.2 Å². The molecule has 0 spiro atoms. The number of piperidine rings is 1. The van der Waals surface area contributed by atoms with Crippen LogP contribution in [0.2, 0.25) is 0 Å². The van der Waals surface area contributed by atoms with Crippen LogP contribution >= 0.6 is 0 Å². The van der Waals surface area contributed by atoms with Gasteiger partial charge in [0.25, 0.3) is 5.91 Å². The van der Waals surface area contributed by atoms with Crippen LogP contribution in [0.3, 0.4) is 0 Å². The van der Waals surface area contributed by atoms with Crippen molar-refractivity contribution < 1.29 is 9.90 Å². The zero-order valence-electron chi connectivity index (χ0n) is 14.9. The molecule has 2 N–H and O–H groups in total. The number of fused-ring (bicyclic) bond motifs is 1. The molecule has 0 unspecified atom stereocenters. The predicted octanol–water partition coefficient (Wildman–Crippen LogP) is 2.51. The van der Waals surface area contributed by atoms with Gasteiger partial charge in [-0.3, -0.25) is 14.7 Å². The number of aromatic nitrogens is 1. The van der Waals surface area contributed by atoms with E-state index in [4.69, 9.17) is 0 Å². The Kier molecular flexibility index (Phi) is 6.00. The highest BCUT2D eigenvalue weighted by molar-refractivity contribution is 6.06. The normalized spacial score (nSPS) is 18.4. The van der Waals surface area contributed by atoms with Gasteiger partial charge < -0.3 is 10.4 Å². The average molecular weight is 341 g/mol. The number of aliphatic hydroxyl groups is 1. The quantitative estimate of drug-likeness (QED) is 0.793. The van der Waals surface area contributed by atoms with Gasteiger partial charge in [-0.1, -0.05) is 18.1 Å². The van der Waals surface area contributed by atoms with Gasteiger partial charge in [0.05, 0.1) is 17.7 Å². The molecule has 25 heavy (non-hydrogen) atoms. The van der Waals surface area contributed by atoms with Gasteiger partial charge in [0.2, 0.25) is 0 Å². The number of aliphatic hydroxyl groups excluding tert-OH is 1. The summed E-state index contributed by atoms with van der Waals surface area (Å²) in [5.41, 5.74) is 2.65. The van der Waals surface area contributed by atoms with Crippen molar-refractivity contribution in [2.75, 3.05) is 26.2 Å². The zero-order valence-corrected chi connectivity index (χ0v) is 14.9. The van der Waals surface area contributed by atoms with Gasteiger partial charge in [-0.2, -0.15) is 0 Å². The highest BCUT2D eigenvalue weighted by Crippen LogP contribution is 2.19. The van der Waals surface area contributed by atoms with Crippen molar-refractivity contribution in [3.05, 3.63) is 41.6 Å². The lowest BCUT2D eigenvalue weighted by Crippen LogP contribution is -2.43. The Balaban J connectivity index is 1.55. The number of aryl methyl sites for hydroxylation is 1. The molecule has 0 aliphatic carbocycles. The maximum atomic E-state index is 12.5. The molecule has 3 rings (SSSR count). The second-order valence-corrected chi connectivity index (χ2v) is 6.86. The number of nitrogens with one attached hydrogen (secondary N) is 1. The number of benzene rings is 1. The van der Waals surface area contributed by atoms with Crippen molar-refractivity contribution in [3.8, 4) is 0 Å². The molecule has 5 nitrogen and oxygen atoms in total. The number of nitrogens with zero attached hydrogens (tertiary/aromatic N) is 2. The summed E-state index contributed by atoms with van der Waals surface area (Å²) in [7, 11) is 0. The van der Waals surface area contributed by atoms with E-state index in [1.54, 1.807) is 12.3 Å². The number of hydrogen-bond acceptors (Lipinski definition) is 4. The zero-order chi connectivity index (χ0) is 17.6. The van der Waals surface area contributed by atoms with Crippen LogP contribution in [0, 0.1) is 6.92 Å². The largest absolute Gasteiger partial charge is 0.395 e. The Hall–Kier alpha value is -1.98. The third-order valence-corrected chi connectivity index (χ3v) is 5.01. The molecule has 1 amide bonds. The Morgan fingerprint density at radius 3 is 3.08 bits per heavy atom. The Morgan fingerprint density at radius 2 is 2.24 bits per heavy atom. The third-order valence-electron chi connectivity index (χ3n) is 5.01. The van der Waals surface area contributed by atoms with Crippen LogP contribution in [-0.4, -0.2) is 53.2 Å². The molecule has 1 atom stereocenters. The highest BCUT2D eigenvalue weighted by atomic mass is 16.3.